The van der Waals surface area contributed by atoms with Gasteiger partial charge in [-0.25, -0.2) is 17.2 Å². The molecule has 1 N–H and O–H groups in total. The number of aliphatic hydroxyl groups is 1. The average molecular weight is 573 g/mol. The number of aliphatic hydroxyl groups excluding tert-OH is 1. The number of hydrogen-bond acceptors (Lipinski definition) is 5. The highest BCUT2D eigenvalue weighted by atomic mass is 35.5. The lowest BCUT2D eigenvalue weighted by Gasteiger charge is -2.42. The van der Waals surface area contributed by atoms with Crippen LogP contribution in [0.5, 0.6) is 0 Å². The fraction of sp³-hybridized carbons (Fsp3) is 0.333. The van der Waals surface area contributed by atoms with Crippen LogP contribution in [-0.2, 0) is 9.84 Å². The van der Waals surface area contributed by atoms with E-state index in [1.807, 2.05) is 36.4 Å². The number of halogens is 3. The van der Waals surface area contributed by atoms with E-state index in [4.69, 9.17) is 11.6 Å². The standard InChI is InChI=1S/C30H31ClF2N2O3S/c1-39(37,38)30(23-14-26(32)16-27(33)15-23)24-17-35(18-24)29(22-8-10-25(31)11-9-22)21-6-4-20(5-7-21)28(19-36)34-12-2-3-13-34/h4-11,14-16,28-29,36H,2-3,12-13,17-19H2,1H3/t28-,29?/m0/s1. The van der Waals surface area contributed by atoms with Crippen molar-refractivity contribution in [2.24, 2.45) is 0 Å². The van der Waals surface area contributed by atoms with Crippen LogP contribution < -0.4 is 0 Å². The van der Waals surface area contributed by atoms with Gasteiger partial charge in [0.2, 0.25) is 0 Å². The van der Waals surface area contributed by atoms with Gasteiger partial charge in [-0.05, 0) is 78.0 Å². The number of sulfone groups is 1. The van der Waals surface area contributed by atoms with E-state index in [9.17, 15) is 22.3 Å². The second kappa shape index (κ2) is 11.5. The van der Waals surface area contributed by atoms with E-state index in [0.29, 0.717) is 23.7 Å². The molecule has 9 heteroatoms. The van der Waals surface area contributed by atoms with Gasteiger partial charge in [-0.3, -0.25) is 9.80 Å². The van der Waals surface area contributed by atoms with Crippen molar-refractivity contribution in [3.8, 4) is 0 Å². The Balaban J connectivity index is 1.48. The van der Waals surface area contributed by atoms with Gasteiger partial charge in [-0.2, -0.15) is 0 Å². The van der Waals surface area contributed by atoms with Gasteiger partial charge < -0.3 is 5.11 Å². The lowest BCUT2D eigenvalue weighted by Crippen LogP contribution is -2.44. The van der Waals surface area contributed by atoms with Crippen molar-refractivity contribution in [2.75, 3.05) is 39.0 Å². The molecule has 0 spiro atoms. The summed E-state index contributed by atoms with van der Waals surface area (Å²) in [7, 11) is -3.75. The van der Waals surface area contributed by atoms with Crippen molar-refractivity contribution in [1.29, 1.82) is 0 Å². The normalized spacial score (nSPS) is 18.1. The van der Waals surface area contributed by atoms with Gasteiger partial charge >= 0.3 is 0 Å². The highest BCUT2D eigenvalue weighted by Gasteiger charge is 2.35. The summed E-state index contributed by atoms with van der Waals surface area (Å²) >= 11 is 6.15. The van der Waals surface area contributed by atoms with E-state index < -0.39 is 21.5 Å². The Labute approximate surface area is 233 Å². The third-order valence-corrected chi connectivity index (χ3v) is 9.06. The van der Waals surface area contributed by atoms with Crippen LogP contribution in [-0.4, -0.2) is 62.4 Å². The summed E-state index contributed by atoms with van der Waals surface area (Å²) in [5.74, 6) is -1.64. The Morgan fingerprint density at radius 2 is 1.38 bits per heavy atom. The molecule has 2 atom stereocenters. The largest absolute Gasteiger partial charge is 0.394 e. The lowest BCUT2D eigenvalue weighted by atomic mass is 9.91. The van der Waals surface area contributed by atoms with Crippen LogP contribution in [0.2, 0.25) is 5.02 Å². The second-order valence-corrected chi connectivity index (χ2v) is 12.7. The molecular weight excluding hydrogens is 542 g/mol. The minimum Gasteiger partial charge on any atom is -0.394 e. The van der Waals surface area contributed by atoms with Crippen molar-refractivity contribution < 1.29 is 22.3 Å². The highest BCUT2D eigenvalue weighted by Crippen LogP contribution is 2.39. The van der Waals surface area contributed by atoms with Gasteiger partial charge in [0.15, 0.2) is 9.84 Å². The summed E-state index contributed by atoms with van der Waals surface area (Å²) in [5, 5.41) is 10.7. The Kier molecular flexibility index (Phi) is 8.21. The smallest absolute Gasteiger partial charge is 0.176 e. The number of rotatable bonds is 8. The zero-order valence-corrected chi connectivity index (χ0v) is 23.2. The molecule has 206 valence electrons. The molecule has 0 bridgehead atoms. The predicted molar refractivity (Wildman–Crippen MR) is 150 cm³/mol. The van der Waals surface area contributed by atoms with Gasteiger partial charge in [-0.15, -0.1) is 0 Å². The first-order chi connectivity index (χ1) is 18.6. The van der Waals surface area contributed by atoms with Crippen LogP contribution in [0.15, 0.2) is 72.3 Å². The lowest BCUT2D eigenvalue weighted by molar-refractivity contribution is 0.147. The Bertz CT molecular complexity index is 1440. The summed E-state index contributed by atoms with van der Waals surface area (Å²) in [4.78, 5) is 4.40. The summed E-state index contributed by atoms with van der Waals surface area (Å²) in [6.45, 7) is 2.64. The van der Waals surface area contributed by atoms with E-state index in [-0.39, 0.29) is 29.2 Å². The van der Waals surface area contributed by atoms with Crippen LogP contribution in [0.25, 0.3) is 4.91 Å². The maximum atomic E-state index is 14.0. The van der Waals surface area contributed by atoms with Gasteiger partial charge in [0.1, 0.15) is 11.6 Å². The van der Waals surface area contributed by atoms with Gasteiger partial charge in [0.05, 0.1) is 23.6 Å². The van der Waals surface area contributed by atoms with E-state index in [1.165, 1.54) is 0 Å². The average Bonchev–Trinajstić information content (AvgIpc) is 3.38. The molecule has 3 aromatic carbocycles. The maximum absolute atomic E-state index is 14.0. The molecule has 2 fully saturated rings. The van der Waals surface area contributed by atoms with E-state index >= 15 is 0 Å². The molecule has 39 heavy (non-hydrogen) atoms. The number of likely N-dealkylation sites (tertiary alicyclic amines) is 2. The topological polar surface area (TPSA) is 60.9 Å². The highest BCUT2D eigenvalue weighted by molar-refractivity contribution is 8.00. The van der Waals surface area contributed by atoms with Gasteiger partial charge in [0, 0.05) is 30.4 Å². The summed E-state index contributed by atoms with van der Waals surface area (Å²) in [5.41, 5.74) is 3.68. The first kappa shape index (κ1) is 27.9. The number of benzene rings is 3. The van der Waals surface area contributed by atoms with Gasteiger partial charge in [-0.1, -0.05) is 48.0 Å². The summed E-state index contributed by atoms with van der Waals surface area (Å²) in [6, 6.07) is 18.3. The quantitative estimate of drug-likeness (QED) is 0.380. The van der Waals surface area contributed by atoms with Crippen LogP contribution in [0.1, 0.15) is 47.2 Å². The molecular formula is C30H31ClF2N2O3S. The van der Waals surface area contributed by atoms with Crippen molar-refractivity contribution in [3.05, 3.63) is 111 Å². The minimum absolute atomic E-state index is 0.0222. The monoisotopic (exact) mass is 572 g/mol. The zero-order chi connectivity index (χ0) is 27.7. The van der Waals surface area contributed by atoms with E-state index in [2.05, 4.69) is 21.9 Å². The number of nitrogens with zero attached hydrogens (tertiary/aromatic N) is 2. The molecule has 2 saturated heterocycles. The van der Waals surface area contributed by atoms with Gasteiger partial charge in [0.25, 0.3) is 0 Å². The Morgan fingerprint density at radius 3 is 1.90 bits per heavy atom. The molecule has 0 radical (unpaired) electrons. The molecule has 0 aromatic heterocycles. The van der Waals surface area contributed by atoms with E-state index in [0.717, 1.165) is 67.1 Å². The second-order valence-electron chi connectivity index (χ2n) is 10.3. The fourth-order valence-corrected chi connectivity index (χ4v) is 7.11. The third kappa shape index (κ3) is 6.10. The van der Waals surface area contributed by atoms with Crippen LogP contribution in [0, 0.1) is 11.6 Å². The molecule has 1 unspecified atom stereocenters. The molecule has 2 aliphatic heterocycles. The molecule has 5 rings (SSSR count). The molecule has 5 nitrogen and oxygen atoms in total. The molecule has 0 aliphatic carbocycles. The van der Waals surface area contributed by atoms with Crippen LogP contribution >= 0.6 is 11.6 Å². The molecule has 0 saturated carbocycles. The van der Waals surface area contributed by atoms with Crippen molar-refractivity contribution in [2.45, 2.75) is 24.9 Å². The summed E-state index contributed by atoms with van der Waals surface area (Å²) in [6.07, 6.45) is 3.33. The summed E-state index contributed by atoms with van der Waals surface area (Å²) < 4.78 is 53.4. The molecule has 3 aromatic rings. The van der Waals surface area contributed by atoms with Crippen molar-refractivity contribution in [3.63, 3.8) is 0 Å². The van der Waals surface area contributed by atoms with Crippen LogP contribution in [0.4, 0.5) is 8.78 Å². The minimum atomic E-state index is -3.75. The molecule has 0 amide bonds. The molecule has 2 aliphatic rings. The number of hydrogen-bond donors (Lipinski definition) is 1. The van der Waals surface area contributed by atoms with Crippen LogP contribution in [0.3, 0.4) is 0 Å². The maximum Gasteiger partial charge on any atom is 0.176 e. The third-order valence-electron chi connectivity index (χ3n) is 7.55. The zero-order valence-electron chi connectivity index (χ0n) is 21.7. The van der Waals surface area contributed by atoms with E-state index in [1.54, 1.807) is 0 Å². The first-order valence-corrected chi connectivity index (χ1v) is 15.2. The first-order valence-electron chi connectivity index (χ1n) is 13.0. The molecule has 2 heterocycles. The van der Waals surface area contributed by atoms with Crippen molar-refractivity contribution >= 4 is 26.3 Å². The Hall–Kier alpha value is -2.62. The SMILES string of the molecule is CS(=O)(=O)C(=C1CN(C(c2ccc(Cl)cc2)c2ccc([C@H](CO)N3CCCC3)cc2)C1)c1cc(F)cc(F)c1. The predicted octanol–water partition coefficient (Wildman–Crippen LogP) is 5.61. The Morgan fingerprint density at radius 1 is 0.872 bits per heavy atom. The fourth-order valence-electron chi connectivity index (χ4n) is 5.78. The van der Waals surface area contributed by atoms with Crippen molar-refractivity contribution in [1.82, 2.24) is 9.80 Å².